The Morgan fingerprint density at radius 3 is 2.67 bits per heavy atom. The summed E-state index contributed by atoms with van der Waals surface area (Å²) in [6, 6.07) is 6.01. The highest BCUT2D eigenvalue weighted by Crippen LogP contribution is 2.22. The lowest BCUT2D eigenvalue weighted by Gasteiger charge is -2.50. The first-order chi connectivity index (χ1) is 10.2. The second-order valence-corrected chi connectivity index (χ2v) is 6.43. The average molecular weight is 312 g/mol. The van der Waals surface area contributed by atoms with Crippen LogP contribution < -0.4 is 5.32 Å². The lowest BCUT2D eigenvalue weighted by Crippen LogP contribution is -2.66. The number of hydrogen-bond acceptors (Lipinski definition) is 3. The number of likely N-dealkylation sites (N-methyl/N-ethyl adjacent to an activating group) is 1. The van der Waals surface area contributed by atoms with E-state index in [2.05, 4.69) is 22.0 Å². The molecule has 116 valence electrons. The molecule has 3 saturated heterocycles. The number of piperazine rings is 3. The summed E-state index contributed by atoms with van der Waals surface area (Å²) in [7, 11) is 0. The minimum Gasteiger partial charge on any atom is -0.312 e. The van der Waals surface area contributed by atoms with Crippen LogP contribution in [0.25, 0.3) is 0 Å². The molecular formula is C16H23ClFN3. The van der Waals surface area contributed by atoms with Gasteiger partial charge in [0.1, 0.15) is 5.82 Å². The van der Waals surface area contributed by atoms with Crippen molar-refractivity contribution in [3.05, 3.63) is 34.6 Å². The van der Waals surface area contributed by atoms with Crippen LogP contribution in [0.1, 0.15) is 12.5 Å². The molecule has 0 radical (unpaired) electrons. The minimum absolute atomic E-state index is 0.219. The van der Waals surface area contributed by atoms with Gasteiger partial charge in [-0.25, -0.2) is 4.39 Å². The number of nitrogens with one attached hydrogen (secondary N) is 1. The monoisotopic (exact) mass is 311 g/mol. The Balaban J connectivity index is 1.73. The smallest absolute Gasteiger partial charge is 0.141 e. The summed E-state index contributed by atoms with van der Waals surface area (Å²) in [6.07, 6.45) is 0.892. The van der Waals surface area contributed by atoms with E-state index in [1.165, 1.54) is 19.2 Å². The quantitative estimate of drug-likeness (QED) is 0.897. The lowest BCUT2D eigenvalue weighted by molar-refractivity contribution is -0.00288. The molecule has 1 aromatic rings. The zero-order chi connectivity index (χ0) is 14.8. The fourth-order valence-corrected chi connectivity index (χ4v) is 3.77. The molecule has 2 unspecified atom stereocenters. The van der Waals surface area contributed by atoms with Gasteiger partial charge in [-0.3, -0.25) is 9.80 Å². The number of halogens is 2. The number of fused-ring (bicyclic) bond motifs is 3. The van der Waals surface area contributed by atoms with E-state index < -0.39 is 0 Å². The molecule has 0 amide bonds. The van der Waals surface area contributed by atoms with Gasteiger partial charge in [-0.1, -0.05) is 24.6 Å². The van der Waals surface area contributed by atoms with E-state index in [-0.39, 0.29) is 10.8 Å². The molecule has 3 fully saturated rings. The molecule has 0 saturated carbocycles. The molecule has 0 aliphatic carbocycles. The van der Waals surface area contributed by atoms with Crippen LogP contribution in [0.4, 0.5) is 4.39 Å². The highest BCUT2D eigenvalue weighted by Gasteiger charge is 2.36. The van der Waals surface area contributed by atoms with Gasteiger partial charge < -0.3 is 5.32 Å². The Kier molecular flexibility index (Phi) is 4.79. The number of hydrogen-bond donors (Lipinski definition) is 1. The van der Waals surface area contributed by atoms with E-state index in [1.54, 1.807) is 6.07 Å². The molecule has 4 rings (SSSR count). The maximum absolute atomic E-state index is 13.3. The Hall–Kier alpha value is -0.680. The summed E-state index contributed by atoms with van der Waals surface area (Å²) in [4.78, 5) is 5.14. The van der Waals surface area contributed by atoms with Gasteiger partial charge in [-0.15, -0.1) is 0 Å². The van der Waals surface area contributed by atoms with Gasteiger partial charge in [-0.05, 0) is 30.7 Å². The molecule has 1 aromatic carbocycles. The van der Waals surface area contributed by atoms with E-state index in [4.69, 9.17) is 11.6 Å². The van der Waals surface area contributed by atoms with Crippen molar-refractivity contribution in [3.63, 3.8) is 0 Å². The van der Waals surface area contributed by atoms with E-state index in [0.717, 1.165) is 38.2 Å². The topological polar surface area (TPSA) is 18.5 Å². The molecule has 0 aromatic heterocycles. The molecule has 3 heterocycles. The molecule has 2 atom stereocenters. The Morgan fingerprint density at radius 1 is 1.33 bits per heavy atom. The summed E-state index contributed by atoms with van der Waals surface area (Å²) in [6.45, 7) is 8.93. The van der Waals surface area contributed by atoms with E-state index in [1.807, 2.05) is 6.07 Å². The maximum Gasteiger partial charge on any atom is 0.141 e. The van der Waals surface area contributed by atoms with E-state index in [0.29, 0.717) is 12.1 Å². The van der Waals surface area contributed by atoms with Crippen molar-refractivity contribution in [3.8, 4) is 0 Å². The molecule has 5 heteroatoms. The van der Waals surface area contributed by atoms with Gasteiger partial charge in [0.25, 0.3) is 0 Å². The molecule has 3 aliphatic rings. The molecule has 21 heavy (non-hydrogen) atoms. The minimum atomic E-state index is -0.341. The van der Waals surface area contributed by atoms with Crippen LogP contribution in [0.3, 0.4) is 0 Å². The van der Waals surface area contributed by atoms with Crippen molar-refractivity contribution < 1.29 is 4.39 Å². The summed E-state index contributed by atoms with van der Waals surface area (Å²) < 4.78 is 13.3. The summed E-state index contributed by atoms with van der Waals surface area (Å²) in [5.41, 5.74) is 1.10. The first-order valence-corrected chi connectivity index (χ1v) is 8.19. The number of benzene rings is 1. The second-order valence-electron chi connectivity index (χ2n) is 6.02. The third-order valence-electron chi connectivity index (χ3n) is 4.69. The van der Waals surface area contributed by atoms with Crippen LogP contribution in [-0.4, -0.2) is 61.2 Å². The predicted octanol–water partition coefficient (Wildman–Crippen LogP) is 2.00. The second kappa shape index (κ2) is 6.61. The first-order valence-electron chi connectivity index (χ1n) is 7.81. The molecule has 3 nitrogen and oxygen atoms in total. The van der Waals surface area contributed by atoms with Gasteiger partial charge >= 0.3 is 0 Å². The van der Waals surface area contributed by atoms with Gasteiger partial charge in [0, 0.05) is 44.8 Å². The van der Waals surface area contributed by atoms with E-state index >= 15 is 0 Å². The zero-order valence-corrected chi connectivity index (χ0v) is 13.2. The number of nitrogens with zero attached hydrogens (tertiary/aromatic N) is 2. The van der Waals surface area contributed by atoms with Gasteiger partial charge in [0.05, 0.1) is 5.02 Å². The van der Waals surface area contributed by atoms with Crippen LogP contribution in [-0.2, 0) is 6.42 Å². The van der Waals surface area contributed by atoms with Crippen molar-refractivity contribution >= 4 is 11.6 Å². The summed E-state index contributed by atoms with van der Waals surface area (Å²) in [5, 5.41) is 3.83. The van der Waals surface area contributed by atoms with Crippen molar-refractivity contribution in [2.45, 2.75) is 25.4 Å². The highest BCUT2D eigenvalue weighted by molar-refractivity contribution is 6.30. The highest BCUT2D eigenvalue weighted by atomic mass is 35.5. The fourth-order valence-electron chi connectivity index (χ4n) is 3.57. The molecule has 0 spiro atoms. The predicted molar refractivity (Wildman–Crippen MR) is 84.4 cm³/mol. The van der Waals surface area contributed by atoms with Crippen molar-refractivity contribution in [2.24, 2.45) is 0 Å². The number of rotatable bonds is 5. The van der Waals surface area contributed by atoms with E-state index in [9.17, 15) is 4.39 Å². The van der Waals surface area contributed by atoms with Gasteiger partial charge in [0.15, 0.2) is 0 Å². The summed E-state index contributed by atoms with van der Waals surface area (Å²) >= 11 is 5.91. The lowest BCUT2D eigenvalue weighted by atomic mass is 9.94. The van der Waals surface area contributed by atoms with Crippen LogP contribution >= 0.6 is 11.6 Å². The average Bonchev–Trinajstić information content (AvgIpc) is 2.51. The fraction of sp³-hybridized carbons (Fsp3) is 0.625. The van der Waals surface area contributed by atoms with Gasteiger partial charge in [-0.2, -0.15) is 0 Å². The zero-order valence-electron chi connectivity index (χ0n) is 12.5. The third-order valence-corrected chi connectivity index (χ3v) is 4.98. The van der Waals surface area contributed by atoms with Crippen molar-refractivity contribution in [2.75, 3.05) is 39.3 Å². The maximum atomic E-state index is 13.3. The van der Waals surface area contributed by atoms with Crippen LogP contribution in [0.2, 0.25) is 5.02 Å². The largest absolute Gasteiger partial charge is 0.312 e. The van der Waals surface area contributed by atoms with Crippen LogP contribution in [0.15, 0.2) is 18.2 Å². The van der Waals surface area contributed by atoms with Crippen molar-refractivity contribution in [1.82, 2.24) is 15.1 Å². The van der Waals surface area contributed by atoms with Crippen LogP contribution in [0.5, 0.6) is 0 Å². The Labute approximate surface area is 131 Å². The van der Waals surface area contributed by atoms with Crippen LogP contribution in [0, 0.1) is 5.82 Å². The first kappa shape index (κ1) is 15.2. The third kappa shape index (κ3) is 3.39. The SMILES string of the molecule is CCNC(Cc1ccc(F)c(Cl)c1)C1CN2CCN1CC2. The molecule has 1 N–H and O–H groups in total. The normalized spacial score (nSPS) is 29.6. The van der Waals surface area contributed by atoms with Gasteiger partial charge in [0.2, 0.25) is 0 Å². The Morgan fingerprint density at radius 2 is 2.10 bits per heavy atom. The Bertz CT molecular complexity index is 488. The summed E-state index contributed by atoms with van der Waals surface area (Å²) in [5.74, 6) is -0.341. The van der Waals surface area contributed by atoms with Crippen molar-refractivity contribution in [1.29, 1.82) is 0 Å². The standard InChI is InChI=1S/C16H23ClFN3/c1-2-19-15(10-12-3-4-14(18)13(17)9-12)16-11-20-5-7-21(16)8-6-20/h3-4,9,15-16,19H,2,5-8,10-11H2,1H3. The molecule has 3 aliphatic heterocycles. The molecular weight excluding hydrogens is 289 g/mol. The molecule has 2 bridgehead atoms.